The molecule has 0 bridgehead atoms. The van der Waals surface area contributed by atoms with Gasteiger partial charge in [-0.1, -0.05) is 24.6 Å². The molecule has 1 aromatic carbocycles. The van der Waals surface area contributed by atoms with E-state index in [9.17, 15) is 4.79 Å². The van der Waals surface area contributed by atoms with Crippen LogP contribution in [0.25, 0.3) is 0 Å². The van der Waals surface area contributed by atoms with E-state index in [0.717, 1.165) is 11.3 Å². The summed E-state index contributed by atoms with van der Waals surface area (Å²) in [5, 5.41) is 4.47. The third-order valence-corrected chi connectivity index (χ3v) is 3.87. The van der Waals surface area contributed by atoms with Crippen molar-refractivity contribution in [2.24, 2.45) is 5.10 Å². The molecule has 0 atom stereocenters. The van der Waals surface area contributed by atoms with E-state index in [1.54, 1.807) is 41.8 Å². The van der Waals surface area contributed by atoms with Gasteiger partial charge in [0.2, 0.25) is 0 Å². The molecule has 0 aliphatic rings. The summed E-state index contributed by atoms with van der Waals surface area (Å²) in [7, 11) is 0. The highest BCUT2D eigenvalue weighted by molar-refractivity contribution is 7.13. The van der Waals surface area contributed by atoms with Gasteiger partial charge >= 0.3 is 0 Å². The number of hydrogen-bond donors (Lipinski definition) is 1. The Hall–Kier alpha value is -1.65. The minimum Gasteiger partial charge on any atom is -0.267 e. The summed E-state index contributed by atoms with van der Waals surface area (Å²) in [5.41, 5.74) is 2.97. The second-order valence-corrected chi connectivity index (χ2v) is 5.50. The fraction of sp³-hybridized carbons (Fsp3) is 0.143. The molecule has 0 aliphatic carbocycles. The number of rotatable bonds is 4. The van der Waals surface area contributed by atoms with E-state index in [1.807, 2.05) is 6.07 Å². The van der Waals surface area contributed by atoms with Crippen LogP contribution < -0.4 is 5.43 Å². The molecule has 1 amide bonds. The Labute approximate surface area is 120 Å². The average Bonchev–Trinajstić information content (AvgIpc) is 2.86. The van der Waals surface area contributed by atoms with Gasteiger partial charge in [0.25, 0.3) is 5.91 Å². The number of aryl methyl sites for hydroxylation is 1. The smallest absolute Gasteiger partial charge is 0.267 e. The Kier molecular flexibility index (Phi) is 4.71. The number of nitrogens with zero attached hydrogens (tertiary/aromatic N) is 1. The molecule has 19 heavy (non-hydrogen) atoms. The molecule has 2 rings (SSSR count). The highest BCUT2D eigenvalue weighted by Crippen LogP contribution is 2.14. The topological polar surface area (TPSA) is 41.5 Å². The number of amides is 1. The van der Waals surface area contributed by atoms with Gasteiger partial charge in [0.15, 0.2) is 0 Å². The van der Waals surface area contributed by atoms with Gasteiger partial charge in [-0.15, -0.1) is 11.3 Å². The van der Waals surface area contributed by atoms with Gasteiger partial charge in [-0.3, -0.25) is 4.79 Å². The summed E-state index contributed by atoms with van der Waals surface area (Å²) >= 11 is 7.48. The molecule has 1 aromatic heterocycles. The van der Waals surface area contributed by atoms with Gasteiger partial charge in [0, 0.05) is 20.3 Å². The maximum Gasteiger partial charge on any atom is 0.271 e. The molecule has 0 saturated carbocycles. The van der Waals surface area contributed by atoms with E-state index < -0.39 is 0 Å². The molecule has 1 heterocycles. The van der Waals surface area contributed by atoms with Crippen LogP contribution in [0.2, 0.25) is 5.02 Å². The lowest BCUT2D eigenvalue weighted by Gasteiger charge is -1.99. The summed E-state index contributed by atoms with van der Waals surface area (Å²) in [6.45, 7) is 2.10. The number of halogens is 1. The molecule has 1 N–H and O–H groups in total. The average molecular weight is 293 g/mol. The first-order valence-corrected chi connectivity index (χ1v) is 7.06. The number of nitrogens with one attached hydrogen (secondary N) is 1. The van der Waals surface area contributed by atoms with Crippen LogP contribution in [0.1, 0.15) is 27.0 Å². The normalized spacial score (nSPS) is 10.8. The fourth-order valence-corrected chi connectivity index (χ4v) is 2.52. The largest absolute Gasteiger partial charge is 0.271 e. The third kappa shape index (κ3) is 3.91. The Morgan fingerprint density at radius 2 is 2.26 bits per heavy atom. The van der Waals surface area contributed by atoms with E-state index >= 15 is 0 Å². The van der Waals surface area contributed by atoms with Crippen LogP contribution in [0.4, 0.5) is 0 Å². The molecule has 0 saturated heterocycles. The number of thiophene rings is 1. The highest BCUT2D eigenvalue weighted by Gasteiger charge is 2.03. The maximum atomic E-state index is 11.8. The van der Waals surface area contributed by atoms with Crippen LogP contribution in [0, 0.1) is 0 Å². The van der Waals surface area contributed by atoms with Crippen molar-refractivity contribution in [3.05, 3.63) is 56.7 Å². The van der Waals surface area contributed by atoms with Crippen molar-refractivity contribution in [3.63, 3.8) is 0 Å². The van der Waals surface area contributed by atoms with Crippen molar-refractivity contribution >= 4 is 35.1 Å². The minimum atomic E-state index is -0.272. The van der Waals surface area contributed by atoms with Crippen LogP contribution in [-0.2, 0) is 6.42 Å². The van der Waals surface area contributed by atoms with E-state index in [4.69, 9.17) is 11.6 Å². The number of carbonyl (C=O) groups excluding carboxylic acids is 1. The zero-order chi connectivity index (χ0) is 13.7. The van der Waals surface area contributed by atoms with Crippen molar-refractivity contribution in [2.45, 2.75) is 13.3 Å². The summed E-state index contributed by atoms with van der Waals surface area (Å²) < 4.78 is 0. The first-order chi connectivity index (χ1) is 9.19. The van der Waals surface area contributed by atoms with Gasteiger partial charge in [0.1, 0.15) is 0 Å². The van der Waals surface area contributed by atoms with Crippen molar-refractivity contribution in [1.29, 1.82) is 0 Å². The summed E-state index contributed by atoms with van der Waals surface area (Å²) in [5.74, 6) is -0.272. The zero-order valence-electron chi connectivity index (χ0n) is 10.4. The molecule has 0 spiro atoms. The van der Waals surface area contributed by atoms with Crippen molar-refractivity contribution in [2.75, 3.05) is 0 Å². The molecule has 3 nitrogen and oxygen atoms in total. The van der Waals surface area contributed by atoms with Crippen LogP contribution in [0.15, 0.2) is 41.5 Å². The van der Waals surface area contributed by atoms with E-state index in [-0.39, 0.29) is 5.91 Å². The second-order valence-electron chi connectivity index (χ2n) is 3.87. The van der Waals surface area contributed by atoms with Gasteiger partial charge in [-0.25, -0.2) is 5.43 Å². The standard InChI is InChI=1S/C14H13ClN2OS/c1-2-12-6-7-13(19-12)9-16-17-14(18)10-4-3-5-11(15)8-10/h3-9H,2H2,1H3,(H,17,18). The minimum absolute atomic E-state index is 0.272. The molecule has 0 fully saturated rings. The lowest BCUT2D eigenvalue weighted by Crippen LogP contribution is -2.17. The highest BCUT2D eigenvalue weighted by atomic mass is 35.5. The zero-order valence-corrected chi connectivity index (χ0v) is 12.0. The monoisotopic (exact) mass is 292 g/mol. The summed E-state index contributed by atoms with van der Waals surface area (Å²) in [6, 6.07) is 10.8. The molecule has 98 valence electrons. The molecule has 0 unspecified atom stereocenters. The third-order valence-electron chi connectivity index (χ3n) is 2.48. The molecule has 2 aromatic rings. The number of hydrogen-bond acceptors (Lipinski definition) is 3. The first-order valence-electron chi connectivity index (χ1n) is 5.86. The Morgan fingerprint density at radius 1 is 1.42 bits per heavy atom. The lowest BCUT2D eigenvalue weighted by atomic mass is 10.2. The quantitative estimate of drug-likeness (QED) is 0.677. The predicted octanol–water partition coefficient (Wildman–Crippen LogP) is 3.73. The second kappa shape index (κ2) is 6.50. The predicted molar refractivity (Wildman–Crippen MR) is 80.2 cm³/mol. The molecular weight excluding hydrogens is 280 g/mol. The van der Waals surface area contributed by atoms with E-state index in [1.165, 1.54) is 4.88 Å². The molecule has 0 aliphatic heterocycles. The summed E-state index contributed by atoms with van der Waals surface area (Å²) in [4.78, 5) is 14.1. The Bertz CT molecular complexity index is 607. The van der Waals surface area contributed by atoms with E-state index in [0.29, 0.717) is 10.6 Å². The van der Waals surface area contributed by atoms with Crippen LogP contribution >= 0.6 is 22.9 Å². The Balaban J connectivity index is 1.96. The molecule has 0 radical (unpaired) electrons. The van der Waals surface area contributed by atoms with E-state index in [2.05, 4.69) is 23.5 Å². The van der Waals surface area contributed by atoms with Gasteiger partial charge in [-0.2, -0.15) is 5.10 Å². The van der Waals surface area contributed by atoms with Crippen LogP contribution in [0.3, 0.4) is 0 Å². The van der Waals surface area contributed by atoms with Gasteiger partial charge < -0.3 is 0 Å². The van der Waals surface area contributed by atoms with Crippen LogP contribution in [-0.4, -0.2) is 12.1 Å². The fourth-order valence-electron chi connectivity index (χ4n) is 1.50. The molecular formula is C14H13ClN2OS. The lowest BCUT2D eigenvalue weighted by molar-refractivity contribution is 0.0955. The Morgan fingerprint density at radius 3 is 2.95 bits per heavy atom. The first kappa shape index (κ1) is 13.8. The van der Waals surface area contributed by atoms with Crippen molar-refractivity contribution in [1.82, 2.24) is 5.43 Å². The summed E-state index contributed by atoms with van der Waals surface area (Å²) in [6.07, 6.45) is 2.65. The van der Waals surface area contributed by atoms with Crippen LogP contribution in [0.5, 0.6) is 0 Å². The number of carbonyl (C=O) groups is 1. The van der Waals surface area contributed by atoms with Gasteiger partial charge in [-0.05, 0) is 36.8 Å². The molecule has 5 heteroatoms. The van der Waals surface area contributed by atoms with Crippen molar-refractivity contribution < 1.29 is 4.79 Å². The van der Waals surface area contributed by atoms with Gasteiger partial charge in [0.05, 0.1) is 6.21 Å². The maximum absolute atomic E-state index is 11.8. The SMILES string of the molecule is CCc1ccc(C=NNC(=O)c2cccc(Cl)c2)s1. The number of hydrazone groups is 1. The number of benzene rings is 1. The van der Waals surface area contributed by atoms with Crippen molar-refractivity contribution in [3.8, 4) is 0 Å².